The molecule has 3 aromatic heterocycles. The molecule has 154 valence electrons. The van der Waals surface area contributed by atoms with E-state index in [1.165, 1.54) is 12.1 Å². The summed E-state index contributed by atoms with van der Waals surface area (Å²) in [7, 11) is 0. The van der Waals surface area contributed by atoms with Crippen LogP contribution < -0.4 is 4.90 Å². The highest BCUT2D eigenvalue weighted by Crippen LogP contribution is 2.33. The maximum absolute atomic E-state index is 13.4. The number of ether oxygens (including phenoxy) is 1. The van der Waals surface area contributed by atoms with Gasteiger partial charge in [-0.2, -0.15) is 4.98 Å². The molecule has 0 amide bonds. The zero-order valence-electron chi connectivity index (χ0n) is 16.7. The van der Waals surface area contributed by atoms with Crippen LogP contribution in [0.3, 0.4) is 0 Å². The van der Waals surface area contributed by atoms with Crippen LogP contribution in [0.15, 0.2) is 53.4 Å². The molecular weight excluding hydrogens is 385 g/mol. The second kappa shape index (κ2) is 7.87. The molecule has 8 heteroatoms. The number of hydrogen-bond acceptors (Lipinski definition) is 6. The molecule has 0 N–H and O–H groups in total. The van der Waals surface area contributed by atoms with E-state index in [0.29, 0.717) is 23.6 Å². The normalized spacial score (nSPS) is 15.2. The fourth-order valence-electron chi connectivity index (χ4n) is 3.93. The van der Waals surface area contributed by atoms with Crippen LogP contribution in [0.4, 0.5) is 10.3 Å². The fourth-order valence-corrected chi connectivity index (χ4v) is 3.93. The molecule has 0 unspecified atom stereocenters. The highest BCUT2D eigenvalue weighted by atomic mass is 19.1. The van der Waals surface area contributed by atoms with Gasteiger partial charge in [-0.05, 0) is 50.1 Å². The van der Waals surface area contributed by atoms with Crippen molar-refractivity contribution in [2.24, 2.45) is 0 Å². The minimum atomic E-state index is -0.289. The predicted octanol–water partition coefficient (Wildman–Crippen LogP) is 4.20. The van der Waals surface area contributed by atoms with Crippen LogP contribution in [-0.4, -0.2) is 45.2 Å². The summed E-state index contributed by atoms with van der Waals surface area (Å²) in [4.78, 5) is 16.1. The number of aromatic nitrogens is 4. The van der Waals surface area contributed by atoms with Gasteiger partial charge in [0.25, 0.3) is 0 Å². The van der Waals surface area contributed by atoms with E-state index in [9.17, 15) is 4.39 Å². The van der Waals surface area contributed by atoms with E-state index in [-0.39, 0.29) is 5.82 Å². The summed E-state index contributed by atoms with van der Waals surface area (Å²) in [5.74, 6) is 0.857. The molecular formula is C22H22FN5O2. The van der Waals surface area contributed by atoms with Gasteiger partial charge < -0.3 is 14.1 Å². The molecule has 30 heavy (non-hydrogen) atoms. The highest BCUT2D eigenvalue weighted by molar-refractivity contribution is 5.79. The lowest BCUT2D eigenvalue weighted by Crippen LogP contribution is -2.38. The summed E-state index contributed by atoms with van der Waals surface area (Å²) >= 11 is 0. The molecule has 5 rings (SSSR count). The van der Waals surface area contributed by atoms with Crippen molar-refractivity contribution < 1.29 is 13.5 Å². The third-order valence-electron chi connectivity index (χ3n) is 5.39. The van der Waals surface area contributed by atoms with Crippen molar-refractivity contribution in [3.05, 3.63) is 54.8 Å². The Morgan fingerprint density at radius 2 is 1.93 bits per heavy atom. The SMILES string of the molecule is CCOC1CCN(c2nccc(-c3c(-c4ccc(F)cc4)nc4occn34)n2)CC1. The Morgan fingerprint density at radius 3 is 2.70 bits per heavy atom. The van der Waals surface area contributed by atoms with E-state index in [1.54, 1.807) is 30.8 Å². The number of oxazole rings is 1. The van der Waals surface area contributed by atoms with Gasteiger partial charge in [0, 0.05) is 37.7 Å². The summed E-state index contributed by atoms with van der Waals surface area (Å²) in [5.41, 5.74) is 3.01. The van der Waals surface area contributed by atoms with Crippen LogP contribution in [-0.2, 0) is 4.74 Å². The van der Waals surface area contributed by atoms with Gasteiger partial charge in [-0.25, -0.2) is 14.4 Å². The average Bonchev–Trinajstić information content (AvgIpc) is 3.36. The summed E-state index contributed by atoms with van der Waals surface area (Å²) in [6, 6.07) is 8.13. The largest absolute Gasteiger partial charge is 0.432 e. The van der Waals surface area contributed by atoms with Crippen molar-refractivity contribution in [3.8, 4) is 22.6 Å². The van der Waals surface area contributed by atoms with Crippen molar-refractivity contribution in [2.45, 2.75) is 25.9 Å². The maximum Gasteiger partial charge on any atom is 0.306 e. The van der Waals surface area contributed by atoms with Crippen LogP contribution in [0.5, 0.6) is 0 Å². The number of imidazole rings is 1. The van der Waals surface area contributed by atoms with E-state index in [4.69, 9.17) is 14.1 Å². The zero-order chi connectivity index (χ0) is 20.5. The van der Waals surface area contributed by atoms with E-state index < -0.39 is 0 Å². The molecule has 0 saturated carbocycles. The number of hydrogen-bond donors (Lipinski definition) is 0. The third-order valence-corrected chi connectivity index (χ3v) is 5.39. The van der Waals surface area contributed by atoms with Gasteiger partial charge in [0.2, 0.25) is 5.95 Å². The Kier molecular flexibility index (Phi) is 4.92. The summed E-state index contributed by atoms with van der Waals surface area (Å²) in [6.45, 7) is 4.48. The molecule has 1 saturated heterocycles. The lowest BCUT2D eigenvalue weighted by Gasteiger charge is -2.31. The van der Waals surface area contributed by atoms with Gasteiger partial charge in [0.1, 0.15) is 23.5 Å². The maximum atomic E-state index is 13.4. The number of halogens is 1. The molecule has 1 aliphatic rings. The average molecular weight is 407 g/mol. The standard InChI is InChI=1S/C22H22FN5O2/c1-2-29-17-8-11-27(12-9-17)21-24-10-7-18(25-21)20-19(15-3-5-16(23)6-4-15)26-22-28(20)13-14-30-22/h3-7,10,13-14,17H,2,8-9,11-12H2,1H3. The molecule has 0 bridgehead atoms. The fraction of sp³-hybridized carbons (Fsp3) is 0.318. The molecule has 0 atom stereocenters. The van der Waals surface area contributed by atoms with Gasteiger partial charge >= 0.3 is 5.84 Å². The second-order valence-corrected chi connectivity index (χ2v) is 7.26. The third kappa shape index (κ3) is 3.43. The molecule has 0 aliphatic carbocycles. The summed E-state index contributed by atoms with van der Waals surface area (Å²) < 4.78 is 26.5. The van der Waals surface area contributed by atoms with Gasteiger partial charge in [-0.15, -0.1) is 0 Å². The minimum Gasteiger partial charge on any atom is -0.432 e. The number of anilines is 1. The van der Waals surface area contributed by atoms with Crippen LogP contribution >= 0.6 is 0 Å². The van der Waals surface area contributed by atoms with Crippen molar-refractivity contribution in [2.75, 3.05) is 24.6 Å². The van der Waals surface area contributed by atoms with E-state index >= 15 is 0 Å². The molecule has 1 fully saturated rings. The molecule has 4 aromatic rings. The quantitative estimate of drug-likeness (QED) is 0.494. The van der Waals surface area contributed by atoms with Crippen LogP contribution in [0.2, 0.25) is 0 Å². The summed E-state index contributed by atoms with van der Waals surface area (Å²) in [6.07, 6.45) is 7.38. The van der Waals surface area contributed by atoms with Crippen LogP contribution in [0, 0.1) is 5.82 Å². The molecule has 7 nitrogen and oxygen atoms in total. The molecule has 1 aromatic carbocycles. The van der Waals surface area contributed by atoms with E-state index in [1.807, 2.05) is 17.4 Å². The second-order valence-electron chi connectivity index (χ2n) is 7.26. The predicted molar refractivity (Wildman–Crippen MR) is 111 cm³/mol. The van der Waals surface area contributed by atoms with Gasteiger partial charge in [0.15, 0.2) is 0 Å². The smallest absolute Gasteiger partial charge is 0.306 e. The Labute approximate surface area is 173 Å². The van der Waals surface area contributed by atoms with Gasteiger partial charge in [-0.3, -0.25) is 4.40 Å². The van der Waals surface area contributed by atoms with E-state index in [2.05, 4.69) is 14.9 Å². The molecule has 4 heterocycles. The topological polar surface area (TPSA) is 68.7 Å². The number of piperidine rings is 1. The number of benzene rings is 1. The van der Waals surface area contributed by atoms with Crippen molar-refractivity contribution in [3.63, 3.8) is 0 Å². The first kappa shape index (κ1) is 18.7. The van der Waals surface area contributed by atoms with Crippen molar-refractivity contribution in [1.82, 2.24) is 19.4 Å². The first-order valence-electron chi connectivity index (χ1n) is 10.1. The Bertz CT molecular complexity index is 1150. The van der Waals surface area contributed by atoms with Crippen LogP contribution in [0.1, 0.15) is 19.8 Å². The number of nitrogens with zero attached hydrogens (tertiary/aromatic N) is 5. The molecule has 0 spiro atoms. The van der Waals surface area contributed by atoms with Gasteiger partial charge in [-0.1, -0.05) is 0 Å². The number of rotatable bonds is 5. The Hall–Kier alpha value is -3.26. The molecule has 1 aliphatic heterocycles. The lowest BCUT2D eigenvalue weighted by molar-refractivity contribution is 0.0457. The first-order valence-corrected chi connectivity index (χ1v) is 10.1. The minimum absolute atomic E-state index is 0.289. The monoisotopic (exact) mass is 407 g/mol. The van der Waals surface area contributed by atoms with Crippen molar-refractivity contribution in [1.29, 1.82) is 0 Å². The van der Waals surface area contributed by atoms with Crippen LogP contribution in [0.25, 0.3) is 28.5 Å². The van der Waals surface area contributed by atoms with E-state index in [0.717, 1.165) is 49.5 Å². The zero-order valence-corrected chi connectivity index (χ0v) is 16.7. The number of fused-ring (bicyclic) bond motifs is 1. The van der Waals surface area contributed by atoms with Gasteiger partial charge in [0.05, 0.1) is 11.8 Å². The highest BCUT2D eigenvalue weighted by Gasteiger charge is 2.23. The Morgan fingerprint density at radius 1 is 1.13 bits per heavy atom. The molecule has 0 radical (unpaired) electrons. The first-order chi connectivity index (χ1) is 14.7. The lowest BCUT2D eigenvalue weighted by atomic mass is 10.1. The Balaban J connectivity index is 1.52. The summed E-state index contributed by atoms with van der Waals surface area (Å²) in [5, 5.41) is 0. The van der Waals surface area contributed by atoms with Crippen molar-refractivity contribution >= 4 is 11.8 Å².